The van der Waals surface area contributed by atoms with Gasteiger partial charge in [0.1, 0.15) is 6.33 Å². The second kappa shape index (κ2) is 5.15. The molecule has 0 aliphatic carbocycles. The highest BCUT2D eigenvalue weighted by Crippen LogP contribution is 2.36. The lowest BCUT2D eigenvalue weighted by Crippen LogP contribution is -1.95. The zero-order valence-electron chi connectivity index (χ0n) is 11.1. The Hall–Kier alpha value is -1.45. The predicted octanol–water partition coefficient (Wildman–Crippen LogP) is 5.33. The van der Waals surface area contributed by atoms with Crippen LogP contribution in [0.4, 0.5) is 0 Å². The highest BCUT2D eigenvalue weighted by Gasteiger charge is 2.12. The van der Waals surface area contributed by atoms with Crippen molar-refractivity contribution < 1.29 is 0 Å². The van der Waals surface area contributed by atoms with Crippen molar-refractivity contribution in [3.63, 3.8) is 0 Å². The van der Waals surface area contributed by atoms with Crippen LogP contribution in [0.5, 0.6) is 0 Å². The molecular formula is C16H12BrClN2. The minimum absolute atomic E-state index is 0.726. The SMILES string of the molecule is Cc1ncnc(C)c1-c1ccc(Br)c2ccc(Cl)cc12. The highest BCUT2D eigenvalue weighted by atomic mass is 79.9. The molecule has 4 heteroatoms. The van der Waals surface area contributed by atoms with Gasteiger partial charge in [0.15, 0.2) is 0 Å². The molecule has 0 bridgehead atoms. The van der Waals surface area contributed by atoms with Gasteiger partial charge in [-0.25, -0.2) is 9.97 Å². The Labute approximate surface area is 131 Å². The summed E-state index contributed by atoms with van der Waals surface area (Å²) in [5.41, 5.74) is 4.13. The molecule has 2 nitrogen and oxygen atoms in total. The van der Waals surface area contributed by atoms with Crippen LogP contribution >= 0.6 is 27.5 Å². The first-order chi connectivity index (χ1) is 9.58. The number of aryl methyl sites for hydroxylation is 2. The van der Waals surface area contributed by atoms with E-state index in [9.17, 15) is 0 Å². The third-order valence-corrected chi connectivity index (χ3v) is 4.35. The molecule has 1 aromatic heterocycles. The molecule has 3 rings (SSSR count). The molecule has 0 saturated heterocycles. The number of hydrogen-bond acceptors (Lipinski definition) is 2. The van der Waals surface area contributed by atoms with Gasteiger partial charge in [-0.15, -0.1) is 0 Å². The fraction of sp³-hybridized carbons (Fsp3) is 0.125. The van der Waals surface area contributed by atoms with Gasteiger partial charge in [-0.1, -0.05) is 39.7 Å². The van der Waals surface area contributed by atoms with Gasteiger partial charge in [0.2, 0.25) is 0 Å². The summed E-state index contributed by atoms with van der Waals surface area (Å²) < 4.78 is 1.06. The third-order valence-electron chi connectivity index (χ3n) is 3.42. The van der Waals surface area contributed by atoms with E-state index in [1.807, 2.05) is 32.0 Å². The summed E-state index contributed by atoms with van der Waals surface area (Å²) in [6, 6.07) is 10.1. The number of fused-ring (bicyclic) bond motifs is 1. The van der Waals surface area contributed by atoms with Crippen LogP contribution in [0.25, 0.3) is 21.9 Å². The van der Waals surface area contributed by atoms with E-state index < -0.39 is 0 Å². The standard InChI is InChI=1S/C16H12BrClN2/c1-9-16(10(2)20-8-19-9)13-5-6-15(17)12-4-3-11(18)7-14(12)13/h3-8H,1-2H3. The van der Waals surface area contributed by atoms with E-state index in [1.165, 1.54) is 0 Å². The number of aromatic nitrogens is 2. The average molecular weight is 348 g/mol. The van der Waals surface area contributed by atoms with Gasteiger partial charge in [-0.3, -0.25) is 0 Å². The van der Waals surface area contributed by atoms with Gasteiger partial charge in [0.05, 0.1) is 0 Å². The van der Waals surface area contributed by atoms with Crippen molar-refractivity contribution in [3.05, 3.63) is 57.5 Å². The van der Waals surface area contributed by atoms with E-state index >= 15 is 0 Å². The molecule has 0 radical (unpaired) electrons. The Morgan fingerprint density at radius 1 is 0.950 bits per heavy atom. The van der Waals surface area contributed by atoms with Crippen LogP contribution in [0.1, 0.15) is 11.4 Å². The lowest BCUT2D eigenvalue weighted by Gasteiger charge is -2.12. The van der Waals surface area contributed by atoms with E-state index in [4.69, 9.17) is 11.6 Å². The van der Waals surface area contributed by atoms with Crippen LogP contribution in [0, 0.1) is 13.8 Å². The molecule has 0 spiro atoms. The van der Waals surface area contributed by atoms with Crippen molar-refractivity contribution in [2.24, 2.45) is 0 Å². The number of halogens is 2. The Morgan fingerprint density at radius 3 is 2.35 bits per heavy atom. The molecule has 0 atom stereocenters. The molecule has 0 N–H and O–H groups in total. The van der Waals surface area contributed by atoms with Crippen molar-refractivity contribution in [1.29, 1.82) is 0 Å². The molecule has 100 valence electrons. The monoisotopic (exact) mass is 346 g/mol. The van der Waals surface area contributed by atoms with E-state index in [1.54, 1.807) is 6.33 Å². The molecule has 20 heavy (non-hydrogen) atoms. The van der Waals surface area contributed by atoms with Crippen molar-refractivity contribution >= 4 is 38.3 Å². The van der Waals surface area contributed by atoms with Crippen molar-refractivity contribution in [3.8, 4) is 11.1 Å². The third kappa shape index (κ3) is 2.21. The van der Waals surface area contributed by atoms with Crippen LogP contribution in [-0.4, -0.2) is 9.97 Å². The maximum absolute atomic E-state index is 6.16. The fourth-order valence-corrected chi connectivity index (χ4v) is 3.13. The molecule has 0 fully saturated rings. The first-order valence-corrected chi connectivity index (χ1v) is 7.41. The summed E-state index contributed by atoms with van der Waals surface area (Å²) >= 11 is 9.75. The largest absolute Gasteiger partial charge is 0.241 e. The van der Waals surface area contributed by atoms with Crippen LogP contribution in [-0.2, 0) is 0 Å². The summed E-state index contributed by atoms with van der Waals surface area (Å²) in [4.78, 5) is 8.62. The van der Waals surface area contributed by atoms with Crippen molar-refractivity contribution in [1.82, 2.24) is 9.97 Å². The van der Waals surface area contributed by atoms with E-state index in [-0.39, 0.29) is 0 Å². The summed E-state index contributed by atoms with van der Waals surface area (Å²) in [5.74, 6) is 0. The first-order valence-electron chi connectivity index (χ1n) is 6.24. The Bertz CT molecular complexity index is 795. The number of benzene rings is 2. The lowest BCUT2D eigenvalue weighted by atomic mass is 9.96. The van der Waals surface area contributed by atoms with Crippen LogP contribution in [0.3, 0.4) is 0 Å². The van der Waals surface area contributed by atoms with Gasteiger partial charge < -0.3 is 0 Å². The second-order valence-corrected chi connectivity index (χ2v) is 6.00. The van der Waals surface area contributed by atoms with E-state index in [0.717, 1.165) is 42.8 Å². The molecule has 2 aromatic carbocycles. The topological polar surface area (TPSA) is 25.8 Å². The summed E-state index contributed by atoms with van der Waals surface area (Å²) in [5, 5.41) is 2.96. The van der Waals surface area contributed by atoms with E-state index in [2.05, 4.69) is 38.0 Å². The first kappa shape index (κ1) is 13.5. The summed E-state index contributed by atoms with van der Waals surface area (Å²) in [7, 11) is 0. The molecule has 0 unspecified atom stereocenters. The molecule has 1 heterocycles. The molecular weight excluding hydrogens is 336 g/mol. The molecule has 0 saturated carbocycles. The number of rotatable bonds is 1. The predicted molar refractivity (Wildman–Crippen MR) is 87.2 cm³/mol. The van der Waals surface area contributed by atoms with Gasteiger partial charge in [-0.2, -0.15) is 0 Å². The molecule has 0 aliphatic rings. The Balaban J connectivity index is 2.43. The van der Waals surface area contributed by atoms with Gasteiger partial charge in [0.25, 0.3) is 0 Å². The highest BCUT2D eigenvalue weighted by molar-refractivity contribution is 9.10. The van der Waals surface area contributed by atoms with Crippen LogP contribution in [0.15, 0.2) is 41.1 Å². The molecule has 0 amide bonds. The van der Waals surface area contributed by atoms with Gasteiger partial charge >= 0.3 is 0 Å². The maximum Gasteiger partial charge on any atom is 0.115 e. The number of hydrogen-bond donors (Lipinski definition) is 0. The fourth-order valence-electron chi connectivity index (χ4n) is 2.48. The van der Waals surface area contributed by atoms with Gasteiger partial charge in [0, 0.05) is 26.4 Å². The minimum Gasteiger partial charge on any atom is -0.241 e. The smallest absolute Gasteiger partial charge is 0.115 e. The normalized spacial score (nSPS) is 11.0. The zero-order chi connectivity index (χ0) is 14.3. The number of nitrogens with zero attached hydrogens (tertiary/aromatic N) is 2. The summed E-state index contributed by atoms with van der Waals surface area (Å²) in [6.07, 6.45) is 1.60. The van der Waals surface area contributed by atoms with E-state index in [0.29, 0.717) is 0 Å². The zero-order valence-corrected chi connectivity index (χ0v) is 13.5. The quantitative estimate of drug-likeness (QED) is 0.594. The maximum atomic E-state index is 6.16. The average Bonchev–Trinajstić information content (AvgIpc) is 2.41. The van der Waals surface area contributed by atoms with Crippen LogP contribution in [0.2, 0.25) is 5.02 Å². The second-order valence-electron chi connectivity index (χ2n) is 4.70. The molecule has 0 aliphatic heterocycles. The van der Waals surface area contributed by atoms with Crippen LogP contribution < -0.4 is 0 Å². The minimum atomic E-state index is 0.726. The lowest BCUT2D eigenvalue weighted by molar-refractivity contribution is 1.06. The Kier molecular flexibility index (Phi) is 3.48. The Morgan fingerprint density at radius 2 is 1.65 bits per heavy atom. The summed E-state index contributed by atoms with van der Waals surface area (Å²) in [6.45, 7) is 4.00. The molecule has 3 aromatic rings. The van der Waals surface area contributed by atoms with Crippen molar-refractivity contribution in [2.45, 2.75) is 13.8 Å². The van der Waals surface area contributed by atoms with Crippen molar-refractivity contribution in [2.75, 3.05) is 0 Å². The van der Waals surface area contributed by atoms with Gasteiger partial charge in [-0.05, 0) is 48.4 Å².